The minimum absolute atomic E-state index is 0.0189. The van der Waals surface area contributed by atoms with E-state index >= 15 is 0 Å². The van der Waals surface area contributed by atoms with Crippen LogP contribution in [0.15, 0.2) is 60.7 Å². The average Bonchev–Trinajstić information content (AvgIpc) is 2.88. The molecule has 0 radical (unpaired) electrons. The number of anilines is 1. The molecule has 3 rings (SSSR count). The molecule has 24 heavy (non-hydrogen) atoms. The lowest BCUT2D eigenvalue weighted by Gasteiger charge is -2.10. The summed E-state index contributed by atoms with van der Waals surface area (Å²) in [5, 5.41) is 2.98. The molecule has 0 amide bonds. The van der Waals surface area contributed by atoms with Gasteiger partial charge in [-0.05, 0) is 50.2 Å². The Morgan fingerprint density at radius 3 is 2.50 bits per heavy atom. The third-order valence-corrected chi connectivity index (χ3v) is 4.02. The Balaban J connectivity index is 1.81. The van der Waals surface area contributed by atoms with E-state index < -0.39 is 0 Å². The molecule has 3 nitrogen and oxygen atoms in total. The molecular formula is C20H19FN2O. The number of carbonyl (C=O) groups is 1. The highest BCUT2D eigenvalue weighted by Crippen LogP contribution is 2.21. The summed E-state index contributed by atoms with van der Waals surface area (Å²) in [6.45, 7) is 4.05. The van der Waals surface area contributed by atoms with Crippen molar-refractivity contribution >= 4 is 11.5 Å². The zero-order valence-electron chi connectivity index (χ0n) is 13.7. The van der Waals surface area contributed by atoms with E-state index in [0.717, 1.165) is 17.1 Å². The number of nitrogens with zero attached hydrogens (tertiary/aromatic N) is 1. The van der Waals surface area contributed by atoms with Crippen molar-refractivity contribution < 1.29 is 9.18 Å². The quantitative estimate of drug-likeness (QED) is 0.700. The highest BCUT2D eigenvalue weighted by Gasteiger charge is 2.16. The lowest BCUT2D eigenvalue weighted by molar-refractivity contribution is 0.101. The van der Waals surface area contributed by atoms with E-state index in [2.05, 4.69) is 9.88 Å². The van der Waals surface area contributed by atoms with Gasteiger partial charge in [-0.15, -0.1) is 0 Å². The third-order valence-electron chi connectivity index (χ3n) is 4.02. The van der Waals surface area contributed by atoms with Gasteiger partial charge in [0.2, 0.25) is 0 Å². The SMILES string of the molecule is Cc1cc(C(=O)CNc2cccc(F)c2)c(C)n1-c1ccccc1. The monoisotopic (exact) mass is 322 g/mol. The van der Waals surface area contributed by atoms with Gasteiger partial charge < -0.3 is 9.88 Å². The number of benzene rings is 2. The van der Waals surface area contributed by atoms with Gasteiger partial charge >= 0.3 is 0 Å². The molecule has 3 aromatic rings. The Morgan fingerprint density at radius 1 is 1.04 bits per heavy atom. The number of rotatable bonds is 5. The van der Waals surface area contributed by atoms with Gasteiger partial charge in [0.05, 0.1) is 6.54 Å². The van der Waals surface area contributed by atoms with Crippen molar-refractivity contribution in [2.75, 3.05) is 11.9 Å². The molecule has 0 spiro atoms. The normalized spacial score (nSPS) is 10.6. The molecule has 122 valence electrons. The summed E-state index contributed by atoms with van der Waals surface area (Å²) in [5.41, 5.74) is 4.22. The average molecular weight is 322 g/mol. The highest BCUT2D eigenvalue weighted by atomic mass is 19.1. The molecule has 0 unspecified atom stereocenters. The lowest BCUT2D eigenvalue weighted by Crippen LogP contribution is -2.15. The minimum Gasteiger partial charge on any atom is -0.377 e. The van der Waals surface area contributed by atoms with Gasteiger partial charge in [-0.3, -0.25) is 4.79 Å². The van der Waals surface area contributed by atoms with Crippen molar-refractivity contribution in [2.45, 2.75) is 13.8 Å². The van der Waals surface area contributed by atoms with Crippen LogP contribution >= 0.6 is 0 Å². The third kappa shape index (κ3) is 3.23. The van der Waals surface area contributed by atoms with Crippen molar-refractivity contribution in [3.05, 3.63) is 83.4 Å². The molecule has 2 aromatic carbocycles. The van der Waals surface area contributed by atoms with Gasteiger partial charge in [-0.2, -0.15) is 0 Å². The second-order valence-corrected chi connectivity index (χ2v) is 5.74. The van der Waals surface area contributed by atoms with Crippen LogP contribution in [0.4, 0.5) is 10.1 Å². The van der Waals surface area contributed by atoms with Crippen LogP contribution < -0.4 is 5.32 Å². The molecule has 0 atom stereocenters. The largest absolute Gasteiger partial charge is 0.377 e. The predicted octanol–water partition coefficient (Wildman–Crippen LogP) is 4.53. The van der Waals surface area contributed by atoms with Gasteiger partial charge in [0, 0.05) is 28.3 Å². The van der Waals surface area contributed by atoms with Gasteiger partial charge in [-0.25, -0.2) is 4.39 Å². The van der Waals surface area contributed by atoms with Crippen LogP contribution in [0.2, 0.25) is 0 Å². The van der Waals surface area contributed by atoms with Crippen LogP contribution in [0.25, 0.3) is 5.69 Å². The van der Waals surface area contributed by atoms with Crippen molar-refractivity contribution in [3.8, 4) is 5.69 Å². The molecule has 0 saturated carbocycles. The van der Waals surface area contributed by atoms with E-state index in [9.17, 15) is 9.18 Å². The Morgan fingerprint density at radius 2 is 1.79 bits per heavy atom. The van der Waals surface area contributed by atoms with E-state index in [1.54, 1.807) is 12.1 Å². The van der Waals surface area contributed by atoms with Crippen LogP contribution in [-0.4, -0.2) is 16.9 Å². The molecule has 0 aliphatic heterocycles. The number of ketones is 1. The zero-order chi connectivity index (χ0) is 17.1. The van der Waals surface area contributed by atoms with Crippen LogP contribution in [0.5, 0.6) is 0 Å². The Hall–Kier alpha value is -2.88. The van der Waals surface area contributed by atoms with E-state index in [-0.39, 0.29) is 18.1 Å². The number of nitrogens with one attached hydrogen (secondary N) is 1. The van der Waals surface area contributed by atoms with E-state index in [1.807, 2.05) is 50.2 Å². The Kier molecular flexibility index (Phi) is 4.47. The molecule has 1 N–H and O–H groups in total. The van der Waals surface area contributed by atoms with Crippen molar-refractivity contribution in [3.63, 3.8) is 0 Å². The number of carbonyl (C=O) groups excluding carboxylic acids is 1. The molecule has 1 heterocycles. The maximum absolute atomic E-state index is 13.2. The second-order valence-electron chi connectivity index (χ2n) is 5.74. The summed E-state index contributed by atoms with van der Waals surface area (Å²) in [4.78, 5) is 12.6. The van der Waals surface area contributed by atoms with Crippen molar-refractivity contribution in [1.29, 1.82) is 0 Å². The first-order valence-electron chi connectivity index (χ1n) is 7.83. The van der Waals surface area contributed by atoms with E-state index in [4.69, 9.17) is 0 Å². The fourth-order valence-electron chi connectivity index (χ4n) is 2.90. The molecule has 0 saturated heterocycles. The Bertz CT molecular complexity index is 869. The summed E-state index contributed by atoms with van der Waals surface area (Å²) in [7, 11) is 0. The van der Waals surface area contributed by atoms with Crippen LogP contribution in [0, 0.1) is 19.7 Å². The maximum Gasteiger partial charge on any atom is 0.183 e. The first-order valence-corrected chi connectivity index (χ1v) is 7.83. The Labute approximate surface area is 140 Å². The number of hydrogen-bond acceptors (Lipinski definition) is 2. The van der Waals surface area contributed by atoms with Crippen molar-refractivity contribution in [2.24, 2.45) is 0 Å². The van der Waals surface area contributed by atoms with Crippen molar-refractivity contribution in [1.82, 2.24) is 4.57 Å². The van der Waals surface area contributed by atoms with Gasteiger partial charge in [-0.1, -0.05) is 24.3 Å². The molecule has 0 bridgehead atoms. The topological polar surface area (TPSA) is 34.0 Å². The standard InChI is InChI=1S/C20H19FN2O/c1-14-11-19(15(2)23(14)18-9-4-3-5-10-18)20(24)13-22-17-8-6-7-16(21)12-17/h3-12,22H,13H2,1-2H3. The van der Waals surface area contributed by atoms with Gasteiger partial charge in [0.15, 0.2) is 5.78 Å². The minimum atomic E-state index is -0.324. The summed E-state index contributed by atoms with van der Waals surface area (Å²) in [5.74, 6) is -0.343. The summed E-state index contributed by atoms with van der Waals surface area (Å²) < 4.78 is 15.3. The van der Waals surface area contributed by atoms with Gasteiger partial charge in [0.1, 0.15) is 5.82 Å². The smallest absolute Gasteiger partial charge is 0.183 e. The molecular weight excluding hydrogens is 303 g/mol. The predicted molar refractivity (Wildman–Crippen MR) is 94.5 cm³/mol. The lowest BCUT2D eigenvalue weighted by atomic mass is 10.1. The number of para-hydroxylation sites is 1. The summed E-state index contributed by atoms with van der Waals surface area (Å²) in [6, 6.07) is 17.9. The molecule has 4 heteroatoms. The molecule has 0 aliphatic rings. The number of aromatic nitrogens is 1. The van der Waals surface area contributed by atoms with E-state index in [1.165, 1.54) is 12.1 Å². The molecule has 1 aromatic heterocycles. The molecule has 0 aliphatic carbocycles. The first-order chi connectivity index (χ1) is 11.6. The fraction of sp³-hybridized carbons (Fsp3) is 0.150. The number of hydrogen-bond donors (Lipinski definition) is 1. The summed E-state index contributed by atoms with van der Waals surface area (Å²) >= 11 is 0. The van der Waals surface area contributed by atoms with Crippen LogP contribution in [-0.2, 0) is 0 Å². The highest BCUT2D eigenvalue weighted by molar-refractivity contribution is 6.00. The number of aryl methyl sites for hydroxylation is 1. The fourth-order valence-corrected chi connectivity index (χ4v) is 2.90. The van der Waals surface area contributed by atoms with E-state index in [0.29, 0.717) is 11.3 Å². The maximum atomic E-state index is 13.2. The first kappa shape index (κ1) is 16.0. The van der Waals surface area contributed by atoms with Crippen LogP contribution in [0.3, 0.4) is 0 Å². The number of Topliss-reactive ketones (excluding diaryl/α,β-unsaturated/α-hetero) is 1. The van der Waals surface area contributed by atoms with Gasteiger partial charge in [0.25, 0.3) is 0 Å². The second kappa shape index (κ2) is 6.71. The zero-order valence-corrected chi connectivity index (χ0v) is 13.7. The van der Waals surface area contributed by atoms with Crippen LogP contribution in [0.1, 0.15) is 21.7 Å². The number of halogens is 1. The summed E-state index contributed by atoms with van der Waals surface area (Å²) in [6.07, 6.45) is 0. The molecule has 0 fully saturated rings.